The molecule has 0 bridgehead atoms. The van der Waals surface area contributed by atoms with E-state index in [4.69, 9.17) is 13.7 Å². The van der Waals surface area contributed by atoms with E-state index in [9.17, 15) is 4.79 Å². The van der Waals surface area contributed by atoms with Crippen LogP contribution in [0.5, 0.6) is 0 Å². The number of rotatable bonds is 6. The average molecular weight is 447 g/mol. The fraction of sp³-hybridized carbons (Fsp3) is 0.320. The monoisotopic (exact) mass is 446 g/mol. The third-order valence-corrected chi connectivity index (χ3v) is 5.98. The molecule has 5 rings (SSSR count). The van der Waals surface area contributed by atoms with Gasteiger partial charge in [-0.2, -0.15) is 4.98 Å². The minimum atomic E-state index is -0.0997. The number of ether oxygens (including phenoxy) is 1. The predicted octanol–water partition coefficient (Wildman–Crippen LogP) is 3.90. The van der Waals surface area contributed by atoms with E-state index in [1.165, 1.54) is 5.56 Å². The molecule has 0 aliphatic carbocycles. The molecule has 33 heavy (non-hydrogen) atoms. The number of aryl methyl sites for hydroxylation is 1. The van der Waals surface area contributed by atoms with Crippen molar-refractivity contribution in [2.24, 2.45) is 0 Å². The lowest BCUT2D eigenvalue weighted by Gasteiger charge is -2.33. The maximum Gasteiger partial charge on any atom is 0.290 e. The van der Waals surface area contributed by atoms with E-state index in [0.29, 0.717) is 62.4 Å². The van der Waals surface area contributed by atoms with Gasteiger partial charge < -0.3 is 18.6 Å². The summed E-state index contributed by atoms with van der Waals surface area (Å²) in [7, 11) is 1.62. The van der Waals surface area contributed by atoms with Gasteiger partial charge in [0.1, 0.15) is 5.58 Å². The van der Waals surface area contributed by atoms with Crippen LogP contribution >= 0.6 is 0 Å². The fourth-order valence-corrected chi connectivity index (χ4v) is 4.14. The second-order valence-corrected chi connectivity index (χ2v) is 8.29. The van der Waals surface area contributed by atoms with Crippen LogP contribution in [-0.4, -0.2) is 59.1 Å². The zero-order chi connectivity index (χ0) is 22.8. The van der Waals surface area contributed by atoms with Crippen molar-refractivity contribution in [3.63, 3.8) is 0 Å². The van der Waals surface area contributed by atoms with E-state index in [-0.39, 0.29) is 5.91 Å². The molecule has 1 aliphatic rings. The predicted molar refractivity (Wildman–Crippen MR) is 123 cm³/mol. The normalized spacial score (nSPS) is 14.8. The van der Waals surface area contributed by atoms with Crippen molar-refractivity contribution in [1.29, 1.82) is 0 Å². The van der Waals surface area contributed by atoms with Gasteiger partial charge in [-0.15, -0.1) is 0 Å². The van der Waals surface area contributed by atoms with Crippen molar-refractivity contribution < 1.29 is 18.5 Å². The Hall–Kier alpha value is -3.49. The minimum absolute atomic E-state index is 0.0997. The van der Waals surface area contributed by atoms with Crippen molar-refractivity contribution in [3.8, 4) is 11.4 Å². The number of para-hydroxylation sites is 1. The van der Waals surface area contributed by atoms with E-state index >= 15 is 0 Å². The second-order valence-electron chi connectivity index (χ2n) is 8.29. The molecule has 0 radical (unpaired) electrons. The number of aromatic nitrogens is 2. The van der Waals surface area contributed by atoms with Crippen LogP contribution < -0.4 is 0 Å². The van der Waals surface area contributed by atoms with Crippen LogP contribution in [0.15, 0.2) is 57.5 Å². The number of piperazine rings is 1. The Morgan fingerprint density at radius 1 is 1.06 bits per heavy atom. The standard InChI is InChI=1S/C25H26N4O4/c1-17-7-9-18(10-8-17)24-26-22(33-27-24)15-28-11-13-29(14-12-28)25(30)23-20(16-31-2)19-5-3-4-6-21(19)32-23/h3-10H,11-16H2,1-2H3. The van der Waals surface area contributed by atoms with Crippen LogP contribution in [0.3, 0.4) is 0 Å². The van der Waals surface area contributed by atoms with Gasteiger partial charge in [0, 0.05) is 49.8 Å². The van der Waals surface area contributed by atoms with Gasteiger partial charge in [-0.25, -0.2) is 0 Å². The van der Waals surface area contributed by atoms with Crippen molar-refractivity contribution >= 4 is 16.9 Å². The molecule has 0 spiro atoms. The van der Waals surface area contributed by atoms with Crippen LogP contribution in [0, 0.1) is 6.92 Å². The zero-order valence-electron chi connectivity index (χ0n) is 18.8. The van der Waals surface area contributed by atoms with E-state index in [2.05, 4.69) is 15.0 Å². The Morgan fingerprint density at radius 3 is 2.58 bits per heavy atom. The van der Waals surface area contributed by atoms with Crippen molar-refractivity contribution in [2.45, 2.75) is 20.1 Å². The third-order valence-electron chi connectivity index (χ3n) is 5.98. The van der Waals surface area contributed by atoms with Gasteiger partial charge in [0.15, 0.2) is 5.76 Å². The van der Waals surface area contributed by atoms with Crippen LogP contribution in [0.1, 0.15) is 27.6 Å². The number of nitrogens with zero attached hydrogens (tertiary/aromatic N) is 4. The lowest BCUT2D eigenvalue weighted by molar-refractivity contribution is 0.0581. The SMILES string of the molecule is COCc1c(C(=O)N2CCN(Cc3nc(-c4ccc(C)cc4)no3)CC2)oc2ccccc12. The average Bonchev–Trinajstić information content (AvgIpc) is 3.45. The molecule has 170 valence electrons. The first-order valence-electron chi connectivity index (χ1n) is 11.0. The van der Waals surface area contributed by atoms with E-state index < -0.39 is 0 Å². The summed E-state index contributed by atoms with van der Waals surface area (Å²) in [6.45, 7) is 5.56. The van der Waals surface area contributed by atoms with Gasteiger partial charge in [-0.1, -0.05) is 53.2 Å². The number of fused-ring (bicyclic) bond motifs is 1. The lowest BCUT2D eigenvalue weighted by atomic mass is 10.1. The number of hydrogen-bond acceptors (Lipinski definition) is 7. The van der Waals surface area contributed by atoms with E-state index in [1.54, 1.807) is 7.11 Å². The smallest absolute Gasteiger partial charge is 0.290 e. The molecule has 0 saturated carbocycles. The molecule has 1 aliphatic heterocycles. The summed E-state index contributed by atoms with van der Waals surface area (Å²) in [5.41, 5.74) is 3.62. The highest BCUT2D eigenvalue weighted by Gasteiger charge is 2.28. The number of carbonyl (C=O) groups excluding carboxylic acids is 1. The Labute approximate surface area is 191 Å². The largest absolute Gasteiger partial charge is 0.451 e. The first-order chi connectivity index (χ1) is 16.1. The number of benzene rings is 2. The maximum absolute atomic E-state index is 13.2. The first kappa shape index (κ1) is 21.4. The van der Waals surface area contributed by atoms with Gasteiger partial charge in [-0.05, 0) is 13.0 Å². The Balaban J connectivity index is 1.23. The molecular weight excluding hydrogens is 420 g/mol. The summed E-state index contributed by atoms with van der Waals surface area (Å²) < 4.78 is 16.7. The molecule has 1 amide bonds. The topological polar surface area (TPSA) is 84.8 Å². The summed E-state index contributed by atoms with van der Waals surface area (Å²) in [4.78, 5) is 21.8. The zero-order valence-corrected chi connectivity index (χ0v) is 18.8. The summed E-state index contributed by atoms with van der Waals surface area (Å²) in [6.07, 6.45) is 0. The molecule has 0 N–H and O–H groups in total. The first-order valence-corrected chi connectivity index (χ1v) is 11.0. The van der Waals surface area contributed by atoms with Gasteiger partial charge in [0.2, 0.25) is 11.7 Å². The van der Waals surface area contributed by atoms with Crippen molar-refractivity contribution in [3.05, 3.63) is 71.3 Å². The number of carbonyl (C=O) groups is 1. The van der Waals surface area contributed by atoms with E-state index in [0.717, 1.165) is 16.5 Å². The van der Waals surface area contributed by atoms with Gasteiger partial charge in [-0.3, -0.25) is 9.69 Å². The Bertz CT molecular complexity index is 1250. The van der Waals surface area contributed by atoms with Crippen molar-refractivity contribution in [1.82, 2.24) is 19.9 Å². The fourth-order valence-electron chi connectivity index (χ4n) is 4.14. The molecule has 0 unspecified atom stereocenters. The molecule has 2 aromatic heterocycles. The summed E-state index contributed by atoms with van der Waals surface area (Å²) in [5.74, 6) is 1.43. The second kappa shape index (κ2) is 9.17. The number of hydrogen-bond donors (Lipinski definition) is 0. The van der Waals surface area contributed by atoms with Crippen LogP contribution in [0.25, 0.3) is 22.4 Å². The van der Waals surface area contributed by atoms with Gasteiger partial charge in [0.05, 0.1) is 13.2 Å². The molecule has 8 nitrogen and oxygen atoms in total. The summed E-state index contributed by atoms with van der Waals surface area (Å²) in [6, 6.07) is 15.7. The Morgan fingerprint density at radius 2 is 1.82 bits per heavy atom. The highest BCUT2D eigenvalue weighted by atomic mass is 16.5. The number of furan rings is 1. The lowest BCUT2D eigenvalue weighted by Crippen LogP contribution is -2.48. The summed E-state index contributed by atoms with van der Waals surface area (Å²) in [5, 5.41) is 5.03. The molecular formula is C25H26N4O4. The quantitative estimate of drug-likeness (QED) is 0.444. The molecule has 0 atom stereocenters. The van der Waals surface area contributed by atoms with Crippen molar-refractivity contribution in [2.75, 3.05) is 33.3 Å². The van der Waals surface area contributed by atoms with Gasteiger partial charge in [0.25, 0.3) is 5.91 Å². The highest BCUT2D eigenvalue weighted by molar-refractivity contribution is 5.99. The van der Waals surface area contributed by atoms with Crippen LogP contribution in [0.2, 0.25) is 0 Å². The maximum atomic E-state index is 13.2. The molecule has 1 saturated heterocycles. The van der Waals surface area contributed by atoms with Gasteiger partial charge >= 0.3 is 0 Å². The number of methoxy groups -OCH3 is 1. The van der Waals surface area contributed by atoms with E-state index in [1.807, 2.05) is 60.4 Å². The molecule has 2 aromatic carbocycles. The molecule has 8 heteroatoms. The summed E-state index contributed by atoms with van der Waals surface area (Å²) >= 11 is 0. The molecule has 1 fully saturated rings. The molecule has 3 heterocycles. The number of amides is 1. The molecule has 4 aromatic rings. The van der Waals surface area contributed by atoms with Crippen LogP contribution in [0.4, 0.5) is 0 Å². The highest BCUT2D eigenvalue weighted by Crippen LogP contribution is 2.28. The third kappa shape index (κ3) is 4.40. The minimum Gasteiger partial charge on any atom is -0.451 e. The Kier molecular flexibility index (Phi) is 5.93. The van der Waals surface area contributed by atoms with Crippen LogP contribution in [-0.2, 0) is 17.9 Å².